The molecule has 2 aliphatic rings. The Hall–Kier alpha value is -2.87. The van der Waals surface area contributed by atoms with E-state index in [0.29, 0.717) is 37.3 Å². The van der Waals surface area contributed by atoms with Crippen LogP contribution in [0.2, 0.25) is 0 Å². The van der Waals surface area contributed by atoms with Crippen LogP contribution in [0.5, 0.6) is 0 Å². The fraction of sp³-hybridized carbons (Fsp3) is 0.536. The van der Waals surface area contributed by atoms with Crippen LogP contribution in [0.3, 0.4) is 0 Å². The molecule has 2 aromatic carbocycles. The Bertz CT molecular complexity index is 1210. The summed E-state index contributed by atoms with van der Waals surface area (Å²) in [5, 5.41) is 2.27. The first kappa shape index (κ1) is 32.1. The number of carbonyl (C=O) groups excluding carboxylic acids is 1. The van der Waals surface area contributed by atoms with Gasteiger partial charge in [0.1, 0.15) is 11.9 Å². The van der Waals surface area contributed by atoms with Crippen molar-refractivity contribution in [2.75, 3.05) is 26.2 Å². The van der Waals surface area contributed by atoms with Gasteiger partial charge in [0.05, 0.1) is 16.7 Å². The third-order valence-electron chi connectivity index (χ3n) is 7.73. The van der Waals surface area contributed by atoms with E-state index >= 15 is 0 Å². The number of carbonyl (C=O) groups is 1. The second kappa shape index (κ2) is 12.4. The number of nitrogens with zero attached hydrogens (tertiary/aromatic N) is 2. The van der Waals surface area contributed by atoms with Gasteiger partial charge in [-0.05, 0) is 60.4 Å². The third kappa shape index (κ3) is 7.94. The van der Waals surface area contributed by atoms with Crippen molar-refractivity contribution in [1.29, 1.82) is 0 Å². The molecule has 2 fully saturated rings. The van der Waals surface area contributed by atoms with Crippen molar-refractivity contribution in [3.8, 4) is 0 Å². The molecule has 1 aliphatic heterocycles. The Balaban J connectivity index is 1.60. The van der Waals surface area contributed by atoms with E-state index in [-0.39, 0.29) is 30.8 Å². The van der Waals surface area contributed by atoms with Crippen LogP contribution in [-0.2, 0) is 29.9 Å². The van der Waals surface area contributed by atoms with Crippen LogP contribution in [-0.4, -0.2) is 47.9 Å². The highest BCUT2D eigenvalue weighted by Crippen LogP contribution is 2.37. The van der Waals surface area contributed by atoms with Gasteiger partial charge < -0.3 is 5.32 Å². The zero-order chi connectivity index (χ0) is 30.9. The molecule has 232 valence electrons. The standard InChI is InChI=1S/C28H29F10N3O/c29-22-13-18(12-21(15-22)28(36,37)38)24(41-8-6-40(7-9-41)23-4-2-1-3-5-23)25(42)39-16-17-10-19(26(30,31)32)14-20(11-17)27(33,34)35/h10-15,23-24H,1-9,16H2,(H,39,42). The molecule has 1 N–H and O–H groups in total. The number of alkyl halides is 9. The first-order chi connectivity index (χ1) is 19.5. The maximum atomic E-state index is 14.3. The number of benzene rings is 2. The maximum Gasteiger partial charge on any atom is 0.416 e. The van der Waals surface area contributed by atoms with E-state index in [4.69, 9.17) is 0 Å². The van der Waals surface area contributed by atoms with E-state index < -0.39 is 65.1 Å². The predicted molar refractivity (Wildman–Crippen MR) is 132 cm³/mol. The van der Waals surface area contributed by atoms with Gasteiger partial charge in [-0.3, -0.25) is 14.6 Å². The highest BCUT2D eigenvalue weighted by atomic mass is 19.4. The quantitative estimate of drug-likeness (QED) is 0.351. The second-order valence-corrected chi connectivity index (χ2v) is 10.7. The van der Waals surface area contributed by atoms with Gasteiger partial charge in [-0.2, -0.15) is 39.5 Å². The molecule has 0 spiro atoms. The van der Waals surface area contributed by atoms with E-state index in [1.54, 1.807) is 4.90 Å². The van der Waals surface area contributed by atoms with E-state index in [1.807, 2.05) is 0 Å². The van der Waals surface area contributed by atoms with E-state index in [9.17, 15) is 48.7 Å². The van der Waals surface area contributed by atoms with Gasteiger partial charge in [0.15, 0.2) is 0 Å². The van der Waals surface area contributed by atoms with Crippen LogP contribution in [0.25, 0.3) is 0 Å². The molecule has 0 aromatic heterocycles. The molecule has 42 heavy (non-hydrogen) atoms. The number of hydrogen-bond donors (Lipinski definition) is 1. The van der Waals surface area contributed by atoms with Crippen LogP contribution in [0.1, 0.15) is 66.0 Å². The summed E-state index contributed by atoms with van der Waals surface area (Å²) in [4.78, 5) is 17.2. The Kier molecular flexibility index (Phi) is 9.46. The fourth-order valence-electron chi connectivity index (χ4n) is 5.68. The summed E-state index contributed by atoms with van der Waals surface area (Å²) in [6, 6.07) is 1.42. The van der Waals surface area contributed by atoms with Crippen molar-refractivity contribution >= 4 is 5.91 Å². The molecule has 4 rings (SSSR count). The van der Waals surface area contributed by atoms with E-state index in [0.717, 1.165) is 38.2 Å². The average Bonchev–Trinajstić information content (AvgIpc) is 2.91. The van der Waals surface area contributed by atoms with Gasteiger partial charge in [0.2, 0.25) is 5.91 Å². The van der Waals surface area contributed by atoms with Crippen molar-refractivity contribution < 1.29 is 48.7 Å². The number of piperazine rings is 1. The van der Waals surface area contributed by atoms with E-state index in [1.165, 1.54) is 0 Å². The van der Waals surface area contributed by atoms with Crippen LogP contribution < -0.4 is 5.32 Å². The first-order valence-electron chi connectivity index (χ1n) is 13.4. The number of halogens is 10. The topological polar surface area (TPSA) is 35.6 Å². The second-order valence-electron chi connectivity index (χ2n) is 10.7. The highest BCUT2D eigenvalue weighted by Gasteiger charge is 2.38. The van der Waals surface area contributed by atoms with Gasteiger partial charge in [-0.1, -0.05) is 19.3 Å². The molecular formula is C28H29F10N3O. The van der Waals surface area contributed by atoms with Crippen LogP contribution in [0.4, 0.5) is 43.9 Å². The third-order valence-corrected chi connectivity index (χ3v) is 7.73. The van der Waals surface area contributed by atoms with Gasteiger partial charge in [0, 0.05) is 38.8 Å². The summed E-state index contributed by atoms with van der Waals surface area (Å²) in [6.07, 6.45) is -9.85. The molecule has 0 bridgehead atoms. The molecule has 14 heteroatoms. The lowest BCUT2D eigenvalue weighted by atomic mass is 9.93. The lowest BCUT2D eigenvalue weighted by Gasteiger charge is -2.43. The van der Waals surface area contributed by atoms with Crippen molar-refractivity contribution in [3.05, 3.63) is 70.0 Å². The molecule has 1 heterocycles. The number of nitrogens with one attached hydrogen (secondary N) is 1. The SMILES string of the molecule is O=C(NCc1cc(C(F)(F)F)cc(C(F)(F)F)c1)C(c1cc(F)cc(C(F)(F)F)c1)N1CCN(C2CCCCC2)CC1. The van der Waals surface area contributed by atoms with Gasteiger partial charge >= 0.3 is 18.5 Å². The Morgan fingerprint density at radius 1 is 0.738 bits per heavy atom. The minimum Gasteiger partial charge on any atom is -0.350 e. The Labute approximate surface area is 235 Å². The number of rotatable bonds is 6. The van der Waals surface area contributed by atoms with E-state index in [2.05, 4.69) is 10.2 Å². The molecule has 1 saturated carbocycles. The molecule has 1 unspecified atom stereocenters. The van der Waals surface area contributed by atoms with Gasteiger partial charge in [-0.25, -0.2) is 4.39 Å². The first-order valence-corrected chi connectivity index (χ1v) is 13.4. The lowest BCUT2D eigenvalue weighted by molar-refractivity contribution is -0.143. The molecule has 0 radical (unpaired) electrons. The molecule has 1 amide bonds. The summed E-state index contributed by atoms with van der Waals surface area (Å²) in [6.45, 7) is 0.658. The number of amides is 1. The van der Waals surface area contributed by atoms with Crippen LogP contribution in [0, 0.1) is 5.82 Å². The number of hydrogen-bond acceptors (Lipinski definition) is 3. The summed E-state index contributed by atoms with van der Waals surface area (Å²) < 4.78 is 134. The van der Waals surface area contributed by atoms with Crippen molar-refractivity contribution in [1.82, 2.24) is 15.1 Å². The molecule has 2 aromatic rings. The minimum absolute atomic E-state index is 0.0503. The summed E-state index contributed by atoms with van der Waals surface area (Å²) in [5.74, 6) is -2.23. The zero-order valence-corrected chi connectivity index (χ0v) is 22.3. The molecule has 1 aliphatic carbocycles. The molecular weight excluding hydrogens is 584 g/mol. The van der Waals surface area contributed by atoms with Crippen LogP contribution >= 0.6 is 0 Å². The highest BCUT2D eigenvalue weighted by molar-refractivity contribution is 5.83. The summed E-state index contributed by atoms with van der Waals surface area (Å²) >= 11 is 0. The van der Waals surface area contributed by atoms with Crippen LogP contribution in [0.15, 0.2) is 36.4 Å². The van der Waals surface area contributed by atoms with Crippen molar-refractivity contribution in [2.24, 2.45) is 0 Å². The Morgan fingerprint density at radius 2 is 1.26 bits per heavy atom. The molecule has 1 saturated heterocycles. The fourth-order valence-corrected chi connectivity index (χ4v) is 5.68. The Morgan fingerprint density at radius 3 is 1.79 bits per heavy atom. The average molecular weight is 614 g/mol. The minimum atomic E-state index is -5.10. The smallest absolute Gasteiger partial charge is 0.350 e. The van der Waals surface area contributed by atoms with Crippen molar-refractivity contribution in [3.63, 3.8) is 0 Å². The van der Waals surface area contributed by atoms with Gasteiger partial charge in [-0.15, -0.1) is 0 Å². The zero-order valence-electron chi connectivity index (χ0n) is 22.3. The largest absolute Gasteiger partial charge is 0.416 e. The maximum absolute atomic E-state index is 14.3. The molecule has 4 nitrogen and oxygen atoms in total. The normalized spacial score (nSPS) is 19.1. The summed E-state index contributed by atoms with van der Waals surface area (Å²) in [5.41, 5.74) is -5.31. The summed E-state index contributed by atoms with van der Waals surface area (Å²) in [7, 11) is 0. The predicted octanol–water partition coefficient (Wildman–Crippen LogP) is 7.19. The van der Waals surface area contributed by atoms with Crippen molar-refractivity contribution in [2.45, 2.75) is 69.3 Å². The lowest BCUT2D eigenvalue weighted by Crippen LogP contribution is -2.53. The monoisotopic (exact) mass is 613 g/mol. The molecule has 1 atom stereocenters. The van der Waals surface area contributed by atoms with Gasteiger partial charge in [0.25, 0.3) is 0 Å².